The van der Waals surface area contributed by atoms with Crippen LogP contribution in [-0.2, 0) is 9.84 Å². The molecule has 0 unspecified atom stereocenters. The van der Waals surface area contributed by atoms with Gasteiger partial charge in [0.15, 0.2) is 0 Å². The van der Waals surface area contributed by atoms with Crippen LogP contribution in [0.25, 0.3) is 10.9 Å². The molecule has 0 aliphatic carbocycles. The van der Waals surface area contributed by atoms with E-state index in [4.69, 9.17) is 11.6 Å². The molecule has 0 bridgehead atoms. The number of halogens is 1. The first-order valence-corrected chi connectivity index (χ1v) is 11.0. The SMILES string of the molecule is C[C@@H]1CCCCN1c1c(S(=O)(=O)c2ccccc2)cnc2ccc(Cl)cc12. The molecule has 0 radical (unpaired) electrons. The van der Waals surface area contributed by atoms with Crippen LogP contribution in [0.2, 0.25) is 5.02 Å². The Kier molecular flexibility index (Phi) is 4.82. The van der Waals surface area contributed by atoms with E-state index < -0.39 is 9.84 Å². The zero-order chi connectivity index (χ0) is 19.0. The van der Waals surface area contributed by atoms with Crippen molar-refractivity contribution in [3.63, 3.8) is 0 Å². The molecule has 6 heteroatoms. The van der Waals surface area contributed by atoms with Gasteiger partial charge in [0.2, 0.25) is 9.84 Å². The van der Waals surface area contributed by atoms with Gasteiger partial charge in [-0.1, -0.05) is 29.8 Å². The first-order chi connectivity index (χ1) is 13.0. The van der Waals surface area contributed by atoms with E-state index in [1.807, 2.05) is 18.2 Å². The Morgan fingerprint density at radius 1 is 1.11 bits per heavy atom. The minimum atomic E-state index is -3.69. The van der Waals surface area contributed by atoms with Crippen molar-refractivity contribution < 1.29 is 8.42 Å². The number of hydrogen-bond acceptors (Lipinski definition) is 4. The topological polar surface area (TPSA) is 50.3 Å². The minimum Gasteiger partial charge on any atom is -0.367 e. The zero-order valence-corrected chi connectivity index (χ0v) is 16.7. The summed E-state index contributed by atoms with van der Waals surface area (Å²) in [7, 11) is -3.69. The van der Waals surface area contributed by atoms with Crippen LogP contribution in [0.3, 0.4) is 0 Å². The molecule has 0 N–H and O–H groups in total. The third-order valence-electron chi connectivity index (χ3n) is 5.20. The highest BCUT2D eigenvalue weighted by Crippen LogP contribution is 2.39. The van der Waals surface area contributed by atoms with Crippen LogP contribution in [0.1, 0.15) is 26.2 Å². The predicted molar refractivity (Wildman–Crippen MR) is 109 cm³/mol. The van der Waals surface area contributed by atoms with E-state index in [-0.39, 0.29) is 15.8 Å². The lowest BCUT2D eigenvalue weighted by molar-refractivity contribution is 0.483. The number of nitrogens with zero attached hydrogens (tertiary/aromatic N) is 2. The number of hydrogen-bond donors (Lipinski definition) is 0. The van der Waals surface area contributed by atoms with Gasteiger partial charge in [0.25, 0.3) is 0 Å². The molecule has 0 saturated carbocycles. The number of rotatable bonds is 3. The van der Waals surface area contributed by atoms with Crippen molar-refractivity contribution >= 4 is 38.0 Å². The molecule has 1 saturated heterocycles. The number of sulfone groups is 1. The van der Waals surface area contributed by atoms with Gasteiger partial charge in [-0.05, 0) is 56.5 Å². The quantitative estimate of drug-likeness (QED) is 0.613. The van der Waals surface area contributed by atoms with Gasteiger partial charge in [0.05, 0.1) is 16.1 Å². The highest BCUT2D eigenvalue weighted by atomic mass is 35.5. The fraction of sp³-hybridized carbons (Fsp3) is 0.286. The molecule has 140 valence electrons. The van der Waals surface area contributed by atoms with Gasteiger partial charge >= 0.3 is 0 Å². The number of anilines is 1. The number of benzene rings is 2. The van der Waals surface area contributed by atoms with E-state index in [9.17, 15) is 8.42 Å². The summed E-state index contributed by atoms with van der Waals surface area (Å²) in [6, 6.07) is 14.2. The Morgan fingerprint density at radius 3 is 2.63 bits per heavy atom. The molecule has 4 nitrogen and oxygen atoms in total. The molecule has 1 atom stereocenters. The molecular formula is C21H21ClN2O2S. The third kappa shape index (κ3) is 3.30. The van der Waals surface area contributed by atoms with E-state index in [0.717, 1.165) is 42.4 Å². The second kappa shape index (κ2) is 7.13. The van der Waals surface area contributed by atoms with E-state index in [2.05, 4.69) is 16.8 Å². The van der Waals surface area contributed by atoms with Crippen LogP contribution >= 0.6 is 11.6 Å². The zero-order valence-electron chi connectivity index (χ0n) is 15.1. The van der Waals surface area contributed by atoms with E-state index >= 15 is 0 Å². The Morgan fingerprint density at radius 2 is 1.89 bits per heavy atom. The van der Waals surface area contributed by atoms with Gasteiger partial charge in [-0.15, -0.1) is 0 Å². The monoisotopic (exact) mass is 400 g/mol. The summed E-state index contributed by atoms with van der Waals surface area (Å²) in [6.07, 6.45) is 4.73. The van der Waals surface area contributed by atoms with Crippen LogP contribution < -0.4 is 4.90 Å². The summed E-state index contributed by atoms with van der Waals surface area (Å²) in [6.45, 7) is 2.97. The predicted octanol–water partition coefficient (Wildman–Crippen LogP) is 5.10. The molecule has 0 spiro atoms. The normalized spacial score (nSPS) is 18.0. The molecule has 1 aromatic heterocycles. The van der Waals surface area contributed by atoms with E-state index in [0.29, 0.717) is 5.02 Å². The largest absolute Gasteiger partial charge is 0.367 e. The summed E-state index contributed by atoms with van der Waals surface area (Å²) < 4.78 is 26.9. The molecule has 0 amide bonds. The summed E-state index contributed by atoms with van der Waals surface area (Å²) in [4.78, 5) is 7.16. The Bertz CT molecular complexity index is 1080. The first kappa shape index (κ1) is 18.3. The van der Waals surface area contributed by atoms with Crippen LogP contribution in [0.4, 0.5) is 5.69 Å². The van der Waals surface area contributed by atoms with Crippen molar-refractivity contribution in [1.29, 1.82) is 0 Å². The molecular weight excluding hydrogens is 380 g/mol. The van der Waals surface area contributed by atoms with Gasteiger partial charge in [-0.25, -0.2) is 8.42 Å². The van der Waals surface area contributed by atoms with Gasteiger partial charge in [-0.3, -0.25) is 4.98 Å². The molecule has 1 aliphatic rings. The maximum atomic E-state index is 13.4. The Hall–Kier alpha value is -2.11. The van der Waals surface area contributed by atoms with Crippen molar-refractivity contribution in [2.45, 2.75) is 42.0 Å². The van der Waals surface area contributed by atoms with E-state index in [1.54, 1.807) is 30.3 Å². The first-order valence-electron chi connectivity index (χ1n) is 9.13. The molecule has 27 heavy (non-hydrogen) atoms. The summed E-state index contributed by atoms with van der Waals surface area (Å²) >= 11 is 6.25. The lowest BCUT2D eigenvalue weighted by Gasteiger charge is -2.37. The highest BCUT2D eigenvalue weighted by molar-refractivity contribution is 7.91. The molecule has 4 rings (SSSR count). The second-order valence-electron chi connectivity index (χ2n) is 6.99. The van der Waals surface area contributed by atoms with Gasteiger partial charge in [0, 0.05) is 29.2 Å². The van der Waals surface area contributed by atoms with Crippen LogP contribution in [0.5, 0.6) is 0 Å². The van der Waals surface area contributed by atoms with Crippen LogP contribution in [0.15, 0.2) is 64.5 Å². The van der Waals surface area contributed by atoms with Crippen molar-refractivity contribution in [3.05, 3.63) is 59.8 Å². The number of fused-ring (bicyclic) bond motifs is 1. The number of aromatic nitrogens is 1. The number of piperidine rings is 1. The Balaban J connectivity index is 2.02. The molecule has 2 aromatic carbocycles. The summed E-state index contributed by atoms with van der Waals surface area (Å²) in [5, 5.41) is 1.36. The molecule has 1 aliphatic heterocycles. The standard InChI is InChI=1S/C21H21ClN2O2S/c1-15-7-5-6-12-24(15)21-18-13-16(22)10-11-19(18)23-14-20(21)27(25,26)17-8-3-2-4-9-17/h2-4,8-11,13-15H,5-7,12H2,1H3/t15-/m1/s1. The lowest BCUT2D eigenvalue weighted by atomic mass is 10.0. The van der Waals surface area contributed by atoms with Crippen LogP contribution in [0, 0.1) is 0 Å². The fourth-order valence-electron chi connectivity index (χ4n) is 3.78. The minimum absolute atomic E-state index is 0.247. The van der Waals surface area contributed by atoms with Crippen molar-refractivity contribution in [2.24, 2.45) is 0 Å². The average molecular weight is 401 g/mol. The van der Waals surface area contributed by atoms with Crippen molar-refractivity contribution in [3.8, 4) is 0 Å². The third-order valence-corrected chi connectivity index (χ3v) is 7.21. The summed E-state index contributed by atoms with van der Waals surface area (Å²) in [5.74, 6) is 0. The maximum Gasteiger partial charge on any atom is 0.210 e. The Labute approximate surface area is 164 Å². The van der Waals surface area contributed by atoms with Crippen molar-refractivity contribution in [2.75, 3.05) is 11.4 Å². The molecule has 3 aromatic rings. The fourth-order valence-corrected chi connectivity index (χ4v) is 5.40. The van der Waals surface area contributed by atoms with Crippen molar-refractivity contribution in [1.82, 2.24) is 4.98 Å². The lowest BCUT2D eigenvalue weighted by Crippen LogP contribution is -2.38. The summed E-state index contributed by atoms with van der Waals surface area (Å²) in [5.41, 5.74) is 1.47. The van der Waals surface area contributed by atoms with E-state index in [1.165, 1.54) is 6.20 Å². The van der Waals surface area contributed by atoms with Crippen LogP contribution in [-0.4, -0.2) is 26.0 Å². The maximum absolute atomic E-state index is 13.4. The van der Waals surface area contributed by atoms with Gasteiger partial charge < -0.3 is 4.90 Å². The average Bonchev–Trinajstić information content (AvgIpc) is 2.68. The molecule has 1 fully saturated rings. The van der Waals surface area contributed by atoms with Gasteiger partial charge in [-0.2, -0.15) is 0 Å². The smallest absolute Gasteiger partial charge is 0.210 e. The highest BCUT2D eigenvalue weighted by Gasteiger charge is 2.30. The molecule has 2 heterocycles. The number of pyridine rings is 1. The second-order valence-corrected chi connectivity index (χ2v) is 9.34. The van der Waals surface area contributed by atoms with Gasteiger partial charge in [0.1, 0.15) is 4.90 Å².